The van der Waals surface area contributed by atoms with E-state index in [2.05, 4.69) is 25.8 Å². The molecule has 0 saturated carbocycles. The Labute approximate surface area is 116 Å². The van der Waals surface area contributed by atoms with Gasteiger partial charge >= 0.3 is 0 Å². The highest BCUT2D eigenvalue weighted by Gasteiger charge is 2.21. The van der Waals surface area contributed by atoms with Crippen molar-refractivity contribution in [2.24, 2.45) is 7.05 Å². The molecule has 0 fully saturated rings. The van der Waals surface area contributed by atoms with Gasteiger partial charge in [-0.05, 0) is 22.0 Å². The number of aryl methyl sites for hydroxylation is 1. The molecule has 1 aromatic carbocycles. The van der Waals surface area contributed by atoms with Crippen LogP contribution in [0.2, 0.25) is 0 Å². The first kappa shape index (κ1) is 14.2. The van der Waals surface area contributed by atoms with Gasteiger partial charge in [-0.15, -0.1) is 0 Å². The van der Waals surface area contributed by atoms with Crippen LogP contribution in [0.15, 0.2) is 16.6 Å². The average molecular weight is 354 g/mol. The zero-order valence-electron chi connectivity index (χ0n) is 9.99. The lowest BCUT2D eigenvalue weighted by Crippen LogP contribution is -2.10. The number of nitrogens with zero attached hydrogens (tertiary/aromatic N) is 2. The van der Waals surface area contributed by atoms with Crippen molar-refractivity contribution < 1.29 is 17.2 Å². The van der Waals surface area contributed by atoms with E-state index in [9.17, 15) is 17.2 Å². The third kappa shape index (κ3) is 2.71. The maximum absolute atomic E-state index is 13.0. The number of sulfonamides is 1. The summed E-state index contributed by atoms with van der Waals surface area (Å²) in [7, 11) is -2.05. The minimum Gasteiger partial charge on any atom is -0.266 e. The molecular weight excluding hydrogens is 344 g/mol. The Morgan fingerprint density at radius 3 is 2.58 bits per heavy atom. The van der Waals surface area contributed by atoms with E-state index in [0.717, 1.165) is 6.26 Å². The molecule has 1 heterocycles. The Bertz CT molecular complexity index is 743. The number of benzene rings is 1. The Morgan fingerprint density at radius 1 is 1.42 bits per heavy atom. The smallest absolute Gasteiger partial charge is 0.264 e. The lowest BCUT2D eigenvalue weighted by Gasteiger charge is -2.06. The Kier molecular flexibility index (Phi) is 3.52. The summed E-state index contributed by atoms with van der Waals surface area (Å²) in [4.78, 5) is 0. The normalized spacial score (nSPS) is 12.3. The number of aromatic nitrogens is 2. The fourth-order valence-electron chi connectivity index (χ4n) is 1.83. The number of nitrogens with one attached hydrogen (secondary N) is 1. The third-order valence-electron chi connectivity index (χ3n) is 2.49. The maximum Gasteiger partial charge on any atom is 0.264 e. The number of alkyl halides is 2. The van der Waals surface area contributed by atoms with Gasteiger partial charge in [-0.25, -0.2) is 17.2 Å². The van der Waals surface area contributed by atoms with Crippen LogP contribution in [0, 0.1) is 0 Å². The molecule has 0 aliphatic heterocycles. The van der Waals surface area contributed by atoms with Crippen LogP contribution in [0.1, 0.15) is 12.0 Å². The van der Waals surface area contributed by atoms with E-state index in [4.69, 9.17) is 0 Å². The summed E-state index contributed by atoms with van der Waals surface area (Å²) in [6.45, 7) is 0. The Hall–Kier alpha value is -1.22. The first-order valence-corrected chi connectivity index (χ1v) is 7.80. The average Bonchev–Trinajstić information content (AvgIpc) is 2.54. The van der Waals surface area contributed by atoms with E-state index in [1.165, 1.54) is 16.8 Å². The first-order chi connectivity index (χ1) is 8.70. The Morgan fingerprint density at radius 2 is 2.05 bits per heavy atom. The second-order valence-corrected chi connectivity index (χ2v) is 6.61. The molecule has 0 aliphatic rings. The molecule has 0 amide bonds. The minimum absolute atomic E-state index is 0.0947. The SMILES string of the molecule is Cn1nc(NS(C)(=O)=O)c2c(C(F)F)ccc(Br)c21. The van der Waals surface area contributed by atoms with E-state index in [1.54, 1.807) is 7.05 Å². The van der Waals surface area contributed by atoms with Crippen LogP contribution in [-0.2, 0) is 17.1 Å². The topological polar surface area (TPSA) is 64.0 Å². The van der Waals surface area contributed by atoms with Crippen molar-refractivity contribution >= 4 is 42.7 Å². The molecule has 0 saturated heterocycles. The van der Waals surface area contributed by atoms with Gasteiger partial charge in [0.15, 0.2) is 5.82 Å². The summed E-state index contributed by atoms with van der Waals surface area (Å²) >= 11 is 3.24. The molecular formula is C10H10BrF2N3O2S. The number of hydrogen-bond donors (Lipinski definition) is 1. The van der Waals surface area contributed by atoms with Crippen LogP contribution >= 0.6 is 15.9 Å². The summed E-state index contributed by atoms with van der Waals surface area (Å²) in [5, 5.41) is 4.04. The van der Waals surface area contributed by atoms with Gasteiger partial charge < -0.3 is 0 Å². The summed E-state index contributed by atoms with van der Waals surface area (Å²) in [6, 6.07) is 2.72. The molecule has 5 nitrogen and oxygen atoms in total. The van der Waals surface area contributed by atoms with Crippen LogP contribution in [0.4, 0.5) is 14.6 Å². The zero-order valence-corrected chi connectivity index (χ0v) is 12.4. The fourth-order valence-corrected chi connectivity index (χ4v) is 2.91. The second-order valence-electron chi connectivity index (χ2n) is 4.01. The van der Waals surface area contributed by atoms with Crippen LogP contribution in [-0.4, -0.2) is 24.5 Å². The molecule has 0 bridgehead atoms. The quantitative estimate of drug-likeness (QED) is 0.922. The predicted molar refractivity (Wildman–Crippen MR) is 71.8 cm³/mol. The molecule has 19 heavy (non-hydrogen) atoms. The van der Waals surface area contributed by atoms with Gasteiger partial charge in [-0.3, -0.25) is 9.40 Å². The van der Waals surface area contributed by atoms with Crippen LogP contribution in [0.25, 0.3) is 10.9 Å². The monoisotopic (exact) mass is 353 g/mol. The number of hydrogen-bond acceptors (Lipinski definition) is 3. The summed E-state index contributed by atoms with van der Waals surface area (Å²) < 4.78 is 52.6. The maximum atomic E-state index is 13.0. The number of fused-ring (bicyclic) bond motifs is 1. The summed E-state index contributed by atoms with van der Waals surface area (Å²) in [6.07, 6.45) is -1.78. The predicted octanol–water partition coefficient (Wildman–Crippen LogP) is 2.64. The first-order valence-electron chi connectivity index (χ1n) is 5.11. The molecule has 0 spiro atoms. The van der Waals surface area contributed by atoms with E-state index >= 15 is 0 Å². The van der Waals surface area contributed by atoms with Gasteiger partial charge in [0, 0.05) is 17.1 Å². The summed E-state index contributed by atoms with van der Waals surface area (Å²) in [5.41, 5.74) is 0.140. The second kappa shape index (κ2) is 4.71. The van der Waals surface area contributed by atoms with Crippen LogP contribution in [0.3, 0.4) is 0 Å². The number of rotatable bonds is 3. The van der Waals surface area contributed by atoms with Crippen molar-refractivity contribution in [3.8, 4) is 0 Å². The molecule has 104 valence electrons. The van der Waals surface area contributed by atoms with Crippen molar-refractivity contribution in [3.05, 3.63) is 22.2 Å². The van der Waals surface area contributed by atoms with E-state index < -0.39 is 16.4 Å². The van der Waals surface area contributed by atoms with Crippen molar-refractivity contribution in [3.63, 3.8) is 0 Å². The summed E-state index contributed by atoms with van der Waals surface area (Å²) in [5.74, 6) is -0.100. The highest BCUT2D eigenvalue weighted by molar-refractivity contribution is 9.10. The van der Waals surface area contributed by atoms with E-state index in [0.29, 0.717) is 9.99 Å². The van der Waals surface area contributed by atoms with Gasteiger partial charge in [0.05, 0.1) is 17.2 Å². The van der Waals surface area contributed by atoms with Gasteiger partial charge in [0.2, 0.25) is 10.0 Å². The molecule has 0 radical (unpaired) electrons. The number of halogens is 3. The molecule has 1 N–H and O–H groups in total. The zero-order chi connectivity index (χ0) is 14.4. The molecule has 1 aromatic heterocycles. The van der Waals surface area contributed by atoms with Gasteiger partial charge in [-0.1, -0.05) is 6.07 Å². The van der Waals surface area contributed by atoms with Crippen molar-refractivity contribution in [2.45, 2.75) is 6.43 Å². The van der Waals surface area contributed by atoms with Crippen LogP contribution in [0.5, 0.6) is 0 Å². The Balaban J connectivity index is 2.82. The molecule has 2 aromatic rings. The molecule has 9 heteroatoms. The lowest BCUT2D eigenvalue weighted by atomic mass is 10.1. The largest absolute Gasteiger partial charge is 0.266 e. The standard InChI is InChI=1S/C10H10BrF2N3O2S/c1-16-8-6(11)4-3-5(9(12)13)7(8)10(14-16)15-19(2,17)18/h3-4,9H,1-2H3,(H,14,15). The minimum atomic E-state index is -3.60. The molecule has 0 aliphatic carbocycles. The van der Waals surface area contributed by atoms with Crippen molar-refractivity contribution in [1.82, 2.24) is 9.78 Å². The third-order valence-corrected chi connectivity index (χ3v) is 3.69. The highest BCUT2D eigenvalue weighted by Crippen LogP contribution is 2.36. The van der Waals surface area contributed by atoms with E-state index in [1.807, 2.05) is 0 Å². The van der Waals surface area contributed by atoms with Crippen molar-refractivity contribution in [2.75, 3.05) is 11.0 Å². The van der Waals surface area contributed by atoms with Crippen molar-refractivity contribution in [1.29, 1.82) is 0 Å². The van der Waals surface area contributed by atoms with Gasteiger partial charge in [0.1, 0.15) is 0 Å². The van der Waals surface area contributed by atoms with Gasteiger partial charge in [-0.2, -0.15) is 5.10 Å². The molecule has 0 unspecified atom stereocenters. The van der Waals surface area contributed by atoms with Crippen LogP contribution < -0.4 is 4.72 Å². The molecule has 0 atom stereocenters. The van der Waals surface area contributed by atoms with E-state index in [-0.39, 0.29) is 16.8 Å². The van der Waals surface area contributed by atoms with Gasteiger partial charge in [0.25, 0.3) is 6.43 Å². The fraction of sp³-hybridized carbons (Fsp3) is 0.300. The highest BCUT2D eigenvalue weighted by atomic mass is 79.9. The molecule has 2 rings (SSSR count). The lowest BCUT2D eigenvalue weighted by molar-refractivity contribution is 0.153. The number of anilines is 1.